The Hall–Kier alpha value is -0.923. The first-order valence-corrected chi connectivity index (χ1v) is 2.16. The molecular formula is C4H4LiN3O2. The van der Waals surface area contributed by atoms with E-state index in [4.69, 9.17) is 5.11 Å². The van der Waals surface area contributed by atoms with Crippen molar-refractivity contribution in [3.8, 4) is 0 Å². The molecule has 0 aliphatic carbocycles. The van der Waals surface area contributed by atoms with Gasteiger partial charge in [0.05, 0.1) is 0 Å². The van der Waals surface area contributed by atoms with Gasteiger partial charge >= 0.3 is 24.8 Å². The summed E-state index contributed by atoms with van der Waals surface area (Å²) in [4.78, 5) is 20.2. The summed E-state index contributed by atoms with van der Waals surface area (Å²) in [6.45, 7) is 0. The molecule has 0 atom stereocenters. The fraction of sp³-hybridized carbons (Fsp3) is 0. The molecule has 0 fully saturated rings. The predicted octanol–water partition coefficient (Wildman–Crippen LogP) is -1.08. The van der Waals surface area contributed by atoms with Gasteiger partial charge in [0.25, 0.3) is 0 Å². The quantitative estimate of drug-likeness (QED) is 0.493. The Kier molecular flexibility index (Phi) is 3.62. The van der Waals surface area contributed by atoms with Crippen molar-refractivity contribution >= 4 is 24.8 Å². The minimum absolute atomic E-state index is 0. The van der Waals surface area contributed by atoms with Crippen molar-refractivity contribution < 1.29 is 9.90 Å². The van der Waals surface area contributed by atoms with Gasteiger partial charge in [-0.25, -0.2) is 19.7 Å². The molecule has 48 valence electrons. The van der Waals surface area contributed by atoms with E-state index in [0.717, 1.165) is 12.7 Å². The fourth-order valence-corrected chi connectivity index (χ4v) is 0.350. The molecule has 0 saturated heterocycles. The maximum atomic E-state index is 10.0. The van der Waals surface area contributed by atoms with Gasteiger partial charge in [0.1, 0.15) is 12.7 Å². The molecule has 0 unspecified atom stereocenters. The number of carboxylic acid groups (broad SMARTS) is 1. The average Bonchev–Trinajstić information content (AvgIpc) is 1.90. The Balaban J connectivity index is 0.000000810. The summed E-state index contributed by atoms with van der Waals surface area (Å²) >= 11 is 0. The zero-order valence-electron chi connectivity index (χ0n) is 4.35. The van der Waals surface area contributed by atoms with Crippen LogP contribution in [0.2, 0.25) is 0 Å². The van der Waals surface area contributed by atoms with Crippen molar-refractivity contribution in [2.24, 2.45) is 0 Å². The van der Waals surface area contributed by atoms with Crippen LogP contribution in [-0.4, -0.2) is 44.9 Å². The van der Waals surface area contributed by atoms with Crippen LogP contribution < -0.4 is 0 Å². The molecule has 6 heteroatoms. The van der Waals surface area contributed by atoms with Gasteiger partial charge in [-0.05, 0) is 0 Å². The van der Waals surface area contributed by atoms with Crippen LogP contribution in [0.4, 0.5) is 0 Å². The third-order valence-electron chi connectivity index (χ3n) is 0.685. The second kappa shape index (κ2) is 3.98. The molecule has 1 aromatic rings. The summed E-state index contributed by atoms with van der Waals surface area (Å²) in [7, 11) is 0. The van der Waals surface area contributed by atoms with Crippen LogP contribution in [0.5, 0.6) is 0 Å². The number of carboxylic acids is 1. The standard InChI is InChI=1S/C4H3N3O2.Li.H/c8-4(9)3-6-1-5-2-7-3;;/h1-2H,(H,8,9);;. The number of hydrogen-bond acceptors (Lipinski definition) is 4. The van der Waals surface area contributed by atoms with Crippen molar-refractivity contribution in [2.75, 3.05) is 0 Å². The first-order valence-electron chi connectivity index (χ1n) is 2.16. The fourth-order valence-electron chi connectivity index (χ4n) is 0.350. The van der Waals surface area contributed by atoms with E-state index in [0.29, 0.717) is 0 Å². The second-order valence-electron chi connectivity index (χ2n) is 1.27. The van der Waals surface area contributed by atoms with E-state index in [9.17, 15) is 4.79 Å². The van der Waals surface area contributed by atoms with Gasteiger partial charge in [-0.1, -0.05) is 0 Å². The Morgan fingerprint density at radius 3 is 2.20 bits per heavy atom. The zero-order chi connectivity index (χ0) is 6.69. The number of carbonyl (C=O) groups is 1. The molecule has 0 aromatic carbocycles. The molecule has 1 rings (SSSR count). The van der Waals surface area contributed by atoms with Crippen LogP contribution in [0.1, 0.15) is 10.6 Å². The molecule has 0 aliphatic heterocycles. The van der Waals surface area contributed by atoms with Gasteiger partial charge < -0.3 is 5.11 Å². The van der Waals surface area contributed by atoms with Gasteiger partial charge in [0, 0.05) is 0 Å². The summed E-state index contributed by atoms with van der Waals surface area (Å²) < 4.78 is 0. The van der Waals surface area contributed by atoms with Gasteiger partial charge in [0.15, 0.2) is 0 Å². The van der Waals surface area contributed by atoms with E-state index in [2.05, 4.69) is 15.0 Å². The minimum atomic E-state index is -1.14. The zero-order valence-corrected chi connectivity index (χ0v) is 4.35. The molecule has 1 N–H and O–H groups in total. The number of aromatic nitrogens is 3. The first-order chi connectivity index (χ1) is 4.30. The van der Waals surface area contributed by atoms with Gasteiger partial charge in [-0.15, -0.1) is 0 Å². The number of hydrogen-bond donors (Lipinski definition) is 1. The van der Waals surface area contributed by atoms with Crippen molar-refractivity contribution in [3.63, 3.8) is 0 Å². The van der Waals surface area contributed by atoms with Crippen LogP contribution in [0.15, 0.2) is 12.7 Å². The van der Waals surface area contributed by atoms with Crippen molar-refractivity contribution in [1.82, 2.24) is 15.0 Å². The van der Waals surface area contributed by atoms with Gasteiger partial charge in [-0.2, -0.15) is 0 Å². The molecule has 0 bridgehead atoms. The normalized spacial score (nSPS) is 8.00. The van der Waals surface area contributed by atoms with Crippen molar-refractivity contribution in [3.05, 3.63) is 18.5 Å². The molecule has 5 nitrogen and oxygen atoms in total. The Labute approximate surface area is 68.7 Å². The molecule has 0 spiro atoms. The van der Waals surface area contributed by atoms with E-state index in [1.54, 1.807) is 0 Å². The van der Waals surface area contributed by atoms with Crippen molar-refractivity contribution in [1.29, 1.82) is 0 Å². The average molecular weight is 133 g/mol. The third kappa shape index (κ3) is 2.13. The summed E-state index contributed by atoms with van der Waals surface area (Å²) in [6, 6.07) is 0. The molecule has 1 heterocycles. The van der Waals surface area contributed by atoms with Gasteiger partial charge in [-0.3, -0.25) is 0 Å². The summed E-state index contributed by atoms with van der Waals surface area (Å²) in [5.74, 6) is -1.37. The molecule has 0 saturated carbocycles. The Bertz CT molecular complexity index is 215. The molecule has 1 aromatic heterocycles. The molecule has 0 aliphatic rings. The number of aromatic carboxylic acids is 1. The van der Waals surface area contributed by atoms with E-state index < -0.39 is 5.97 Å². The summed E-state index contributed by atoms with van der Waals surface area (Å²) in [5, 5.41) is 8.23. The van der Waals surface area contributed by atoms with Crippen molar-refractivity contribution in [2.45, 2.75) is 0 Å². The molecule has 0 amide bonds. The number of nitrogens with zero attached hydrogens (tertiary/aromatic N) is 3. The van der Waals surface area contributed by atoms with Gasteiger partial charge in [0.2, 0.25) is 5.82 Å². The van der Waals surface area contributed by atoms with E-state index >= 15 is 0 Å². The van der Waals surface area contributed by atoms with Crippen LogP contribution in [0, 0.1) is 0 Å². The first kappa shape index (κ1) is 9.08. The monoisotopic (exact) mass is 133 g/mol. The van der Waals surface area contributed by atoms with E-state index in [1.165, 1.54) is 0 Å². The second-order valence-corrected chi connectivity index (χ2v) is 1.27. The third-order valence-corrected chi connectivity index (χ3v) is 0.685. The molecular weight excluding hydrogens is 129 g/mol. The number of rotatable bonds is 1. The maximum absolute atomic E-state index is 10.0. The summed E-state index contributed by atoms with van der Waals surface area (Å²) in [6.07, 6.45) is 2.27. The van der Waals surface area contributed by atoms with E-state index in [1.807, 2.05) is 0 Å². The SMILES string of the molecule is O=C(O)c1ncncn1.[LiH]. The van der Waals surface area contributed by atoms with Crippen LogP contribution in [0.25, 0.3) is 0 Å². The van der Waals surface area contributed by atoms with Crippen LogP contribution >= 0.6 is 0 Å². The summed E-state index contributed by atoms with van der Waals surface area (Å²) in [5.41, 5.74) is 0. The van der Waals surface area contributed by atoms with E-state index in [-0.39, 0.29) is 24.7 Å². The van der Waals surface area contributed by atoms with Crippen LogP contribution in [0.3, 0.4) is 0 Å². The predicted molar refractivity (Wildman–Crippen MR) is 33.9 cm³/mol. The molecule has 0 radical (unpaired) electrons. The van der Waals surface area contributed by atoms with Crippen LogP contribution in [-0.2, 0) is 0 Å². The molecule has 10 heavy (non-hydrogen) atoms. The Morgan fingerprint density at radius 1 is 1.40 bits per heavy atom. The Morgan fingerprint density at radius 2 is 1.90 bits per heavy atom. The topological polar surface area (TPSA) is 76.0 Å².